The average Bonchev–Trinajstić information content (AvgIpc) is 3.22. The molecule has 0 aliphatic carbocycles. The lowest BCUT2D eigenvalue weighted by molar-refractivity contribution is -0.199. The maximum Gasteiger partial charge on any atom is 0.260 e. The maximum atomic E-state index is 8.96. The lowest BCUT2D eigenvalue weighted by atomic mass is 10.2. The van der Waals surface area contributed by atoms with E-state index in [1.54, 1.807) is 41.6 Å². The minimum atomic E-state index is 0.555. The van der Waals surface area contributed by atoms with E-state index in [9.17, 15) is 0 Å². The summed E-state index contributed by atoms with van der Waals surface area (Å²) in [6, 6.07) is 16.8. The van der Waals surface area contributed by atoms with Gasteiger partial charge in [0.15, 0.2) is 0 Å². The summed E-state index contributed by atoms with van der Waals surface area (Å²) in [7, 11) is 0. The van der Waals surface area contributed by atoms with Crippen molar-refractivity contribution < 1.29 is 13.5 Å². The predicted octanol–water partition coefficient (Wildman–Crippen LogP) is 2.38. The van der Waals surface area contributed by atoms with E-state index in [1.165, 1.54) is 0 Å². The van der Waals surface area contributed by atoms with Crippen molar-refractivity contribution in [3.05, 3.63) is 72.3 Å². The second-order valence-electron chi connectivity index (χ2n) is 5.02. The van der Waals surface area contributed by atoms with Crippen molar-refractivity contribution in [2.24, 2.45) is 5.90 Å². The van der Waals surface area contributed by atoms with Gasteiger partial charge in [-0.3, -0.25) is 5.01 Å². The van der Waals surface area contributed by atoms with Crippen LogP contribution in [0.3, 0.4) is 0 Å². The number of hydrogen-bond acceptors (Lipinski definition) is 9. The molecule has 0 unspecified atom stereocenters. The maximum absolute atomic E-state index is 8.96. The lowest BCUT2D eigenvalue weighted by Gasteiger charge is -2.25. The van der Waals surface area contributed by atoms with Crippen LogP contribution in [0.4, 0.5) is 5.69 Å². The van der Waals surface area contributed by atoms with Crippen molar-refractivity contribution in [2.75, 3.05) is 5.01 Å². The Bertz CT molecular complexity index is 849. The van der Waals surface area contributed by atoms with Crippen LogP contribution in [-0.4, -0.2) is 14.9 Å². The molecule has 0 saturated heterocycles. The minimum Gasteiger partial charge on any atom is -0.399 e. The Morgan fingerprint density at radius 3 is 2.38 bits per heavy atom. The number of rotatable bonds is 8. The number of nitrogens with two attached hydrogens (primary N) is 1. The molecule has 0 bridgehead atoms. The summed E-state index contributed by atoms with van der Waals surface area (Å²) >= 11 is 0.620. The van der Waals surface area contributed by atoms with Crippen molar-refractivity contribution in [1.82, 2.24) is 14.9 Å². The molecule has 132 valence electrons. The zero-order valence-electron chi connectivity index (χ0n) is 13.4. The number of nitrogens with zero attached hydrogens (tertiary/aromatic N) is 5. The third kappa shape index (κ3) is 4.50. The first-order chi connectivity index (χ1) is 12.8. The second kappa shape index (κ2) is 8.84. The number of aromatic nitrogens is 3. The quantitative estimate of drug-likeness (QED) is 0.276. The Balaban J connectivity index is 1.77. The molecule has 0 atom stereocenters. The van der Waals surface area contributed by atoms with Crippen molar-refractivity contribution in [3.63, 3.8) is 0 Å². The first-order valence-corrected chi connectivity index (χ1v) is 8.05. The van der Waals surface area contributed by atoms with Crippen LogP contribution in [0.25, 0.3) is 0 Å². The fraction of sp³-hybridized carbons (Fsp3) is 0.0625. The molecule has 2 aromatic carbocycles. The van der Waals surface area contributed by atoms with Gasteiger partial charge in [0.1, 0.15) is 18.4 Å². The third-order valence-electron chi connectivity index (χ3n) is 3.43. The topological polar surface area (TPSA) is 111 Å². The van der Waals surface area contributed by atoms with E-state index in [-0.39, 0.29) is 0 Å². The van der Waals surface area contributed by atoms with Crippen LogP contribution < -0.4 is 15.1 Å². The van der Waals surface area contributed by atoms with E-state index >= 15 is 0 Å². The second-order valence-corrected chi connectivity index (χ2v) is 5.46. The summed E-state index contributed by atoms with van der Waals surface area (Å²) in [6.07, 6.45) is 3.22. The molecule has 3 rings (SSSR count). The fourth-order valence-electron chi connectivity index (χ4n) is 2.23. The highest BCUT2D eigenvalue weighted by Crippen LogP contribution is 2.22. The monoisotopic (exact) mass is 370 g/mol. The first-order valence-electron chi connectivity index (χ1n) is 7.38. The van der Waals surface area contributed by atoms with E-state index < -0.39 is 0 Å². The van der Waals surface area contributed by atoms with Crippen LogP contribution in [0.5, 0.6) is 5.75 Å². The third-order valence-corrected chi connectivity index (χ3v) is 3.83. The van der Waals surface area contributed by atoms with E-state index in [1.807, 2.05) is 29.3 Å². The number of anilines is 1. The average molecular weight is 370 g/mol. The molecule has 0 aliphatic heterocycles. The zero-order valence-corrected chi connectivity index (χ0v) is 14.2. The molecule has 0 spiro atoms. The van der Waals surface area contributed by atoms with Crippen molar-refractivity contribution in [2.45, 2.75) is 6.54 Å². The van der Waals surface area contributed by atoms with Gasteiger partial charge in [0.25, 0.3) is 12.3 Å². The Labute approximate surface area is 153 Å². The van der Waals surface area contributed by atoms with Crippen LogP contribution in [-0.2, 0) is 15.9 Å². The standard InChI is InChI=1S/C16H14N6O3S/c17-9-13-1-5-15(6-2-13)22(21-11-19-20-12-21)10-14-3-7-16(8-4-14)23-26-25-24-18/h1-8,11-12H,10,18H2. The molecule has 0 radical (unpaired) electrons. The van der Waals surface area contributed by atoms with E-state index in [0.717, 1.165) is 11.3 Å². The summed E-state index contributed by atoms with van der Waals surface area (Å²) in [5, 5.41) is 18.7. The molecular weight excluding hydrogens is 356 g/mol. The Morgan fingerprint density at radius 2 is 1.77 bits per heavy atom. The van der Waals surface area contributed by atoms with E-state index in [4.69, 9.17) is 15.3 Å². The van der Waals surface area contributed by atoms with Gasteiger partial charge in [0.05, 0.1) is 23.9 Å². The van der Waals surface area contributed by atoms with Gasteiger partial charge >= 0.3 is 0 Å². The minimum absolute atomic E-state index is 0.555. The van der Waals surface area contributed by atoms with Gasteiger partial charge < -0.3 is 4.18 Å². The molecule has 2 N–H and O–H groups in total. The van der Waals surface area contributed by atoms with Crippen molar-refractivity contribution in [3.8, 4) is 11.8 Å². The number of benzene rings is 2. The zero-order chi connectivity index (χ0) is 18.2. The Morgan fingerprint density at radius 1 is 1.08 bits per heavy atom. The molecule has 1 aromatic heterocycles. The summed E-state index contributed by atoms with van der Waals surface area (Å²) in [5.41, 5.74) is 2.52. The van der Waals surface area contributed by atoms with Gasteiger partial charge in [-0.1, -0.05) is 12.1 Å². The highest BCUT2D eigenvalue weighted by Gasteiger charge is 2.10. The SMILES string of the molecule is N#Cc1ccc(N(Cc2ccc(OSOON)cc2)n2cnnc2)cc1. The molecule has 0 amide bonds. The van der Waals surface area contributed by atoms with Crippen molar-refractivity contribution in [1.29, 1.82) is 5.26 Å². The smallest absolute Gasteiger partial charge is 0.260 e. The number of hydrogen-bond donors (Lipinski definition) is 1. The normalized spacial score (nSPS) is 10.3. The molecule has 0 saturated carbocycles. The summed E-state index contributed by atoms with van der Waals surface area (Å²) in [6.45, 7) is 0.555. The fourth-order valence-corrected chi connectivity index (χ4v) is 2.48. The molecular formula is C16H14N6O3S. The van der Waals surface area contributed by atoms with Crippen LogP contribution >= 0.6 is 12.3 Å². The van der Waals surface area contributed by atoms with Gasteiger partial charge in [-0.05, 0) is 42.0 Å². The Kier molecular flexibility index (Phi) is 6.02. The van der Waals surface area contributed by atoms with Crippen LogP contribution in [0, 0.1) is 11.3 Å². The molecule has 3 aromatic rings. The van der Waals surface area contributed by atoms with Crippen LogP contribution in [0.1, 0.15) is 11.1 Å². The van der Waals surface area contributed by atoms with E-state index in [2.05, 4.69) is 25.6 Å². The van der Waals surface area contributed by atoms with E-state index in [0.29, 0.717) is 30.2 Å². The highest BCUT2D eigenvalue weighted by molar-refractivity contribution is 7.90. The highest BCUT2D eigenvalue weighted by atomic mass is 32.2. The van der Waals surface area contributed by atoms with Crippen molar-refractivity contribution >= 4 is 18.0 Å². The molecule has 1 heterocycles. The van der Waals surface area contributed by atoms with Crippen LogP contribution in [0.15, 0.2) is 61.2 Å². The lowest BCUT2D eigenvalue weighted by Crippen LogP contribution is -2.27. The molecule has 0 fully saturated rings. The summed E-state index contributed by atoms with van der Waals surface area (Å²) in [4.78, 5) is 3.94. The summed E-state index contributed by atoms with van der Waals surface area (Å²) < 4.78 is 11.4. The number of nitriles is 1. The molecule has 9 nitrogen and oxygen atoms in total. The van der Waals surface area contributed by atoms with Gasteiger partial charge in [-0.15, -0.1) is 19.5 Å². The molecule has 10 heteroatoms. The van der Waals surface area contributed by atoms with Gasteiger partial charge in [0, 0.05) is 0 Å². The summed E-state index contributed by atoms with van der Waals surface area (Å²) in [5.74, 6) is 5.32. The first kappa shape index (κ1) is 17.7. The van der Waals surface area contributed by atoms with Gasteiger partial charge in [-0.2, -0.15) is 11.2 Å². The molecule has 0 aliphatic rings. The Hall–Kier alpha value is -3.10. The van der Waals surface area contributed by atoms with Gasteiger partial charge in [-0.25, -0.2) is 4.68 Å². The molecule has 26 heavy (non-hydrogen) atoms. The van der Waals surface area contributed by atoms with Gasteiger partial charge in [0.2, 0.25) is 0 Å². The predicted molar refractivity (Wildman–Crippen MR) is 93.8 cm³/mol. The van der Waals surface area contributed by atoms with Crippen LogP contribution in [0.2, 0.25) is 0 Å². The largest absolute Gasteiger partial charge is 0.399 e.